The summed E-state index contributed by atoms with van der Waals surface area (Å²) in [6.07, 6.45) is 2.37. The Labute approximate surface area is 647 Å². The van der Waals surface area contributed by atoms with Crippen LogP contribution in [0.2, 0.25) is 43.7 Å². The Morgan fingerprint density at radius 1 is 0.324 bits per heavy atom. The van der Waals surface area contributed by atoms with Crippen molar-refractivity contribution in [2.24, 2.45) is 0 Å². The quantitative estimate of drug-likeness (QED) is 0.0605. The van der Waals surface area contributed by atoms with Gasteiger partial charge in [-0.2, -0.15) is 0 Å². The predicted octanol–water partition coefficient (Wildman–Crippen LogP) is 6.56. The SMILES string of the molecule is [B][11B]C1[11B]([B])C1([11B][B])Cc1ccc(Oc2cccc3c2-c2nc-3nc3[n-]c(nc4nc(nc5[n-]c(n2)c2cccc(Oc6ccc(CC7([11B][B])[11B]([B])C7[11B][B])cc6)c52)-c2c(Oc5ccc(CC6([11B][B])[11B]([B])C6[11B][B])cc5)cccc2-4)c2c(Oc4ccc(CC5([11B][B])[11B]([B])C5[11B][B])cc4)cccc32)cc1.[Zn+2]. The predicted molar refractivity (Wildman–Crippen MR) is 439 cm³/mol. The molecule has 6 aliphatic heterocycles. The van der Waals surface area contributed by atoms with Crippen molar-refractivity contribution < 1.29 is 38.4 Å². The van der Waals surface area contributed by atoms with Gasteiger partial charge in [-0.1, -0.05) is 97.1 Å². The van der Waals surface area contributed by atoms with E-state index in [0.29, 0.717) is 115 Å². The molecule has 32 radical (unpaired) electrons. The molecule has 4 saturated heterocycles. The van der Waals surface area contributed by atoms with Gasteiger partial charge in [0.25, 0.3) is 0 Å². The Balaban J connectivity index is 0.00000847. The zero-order chi connectivity index (χ0) is 71.6. The maximum absolute atomic E-state index is 6.91. The molecule has 6 aliphatic rings. The summed E-state index contributed by atoms with van der Waals surface area (Å²) in [5.41, 5.74) is 7.13. The van der Waals surface area contributed by atoms with Gasteiger partial charge in [0, 0.05) is 166 Å². The molecule has 8 aromatic carbocycles. The number of benzene rings is 8. The summed E-state index contributed by atoms with van der Waals surface area (Å²) < 4.78 is 27.6. The van der Waals surface area contributed by atoms with Crippen LogP contribution >= 0.6 is 0 Å². The van der Waals surface area contributed by atoms with Crippen molar-refractivity contribution in [2.75, 3.05) is 0 Å². The van der Waals surface area contributed by atoms with E-state index < -0.39 is 20.9 Å². The summed E-state index contributed by atoms with van der Waals surface area (Å²) in [6.45, 7) is -0.755. The maximum Gasteiger partial charge on any atom is 2.00 e. The minimum absolute atomic E-state index is 0. The van der Waals surface area contributed by atoms with Gasteiger partial charge in [0.2, 0.25) is 0 Å². The molecule has 12 nitrogen and oxygen atoms in total. The first-order valence-corrected chi connectivity index (χ1v) is 34.4. The molecule has 3 aromatic heterocycles. The zero-order valence-electron chi connectivity index (χ0n) is 57.1. The number of aromatic nitrogens is 8. The third-order valence-corrected chi connectivity index (χ3v) is 22.4. The minimum Gasteiger partial charge on any atom is -0.457 e. The molecule has 9 heterocycles. The zero-order valence-corrected chi connectivity index (χ0v) is 60.0. The van der Waals surface area contributed by atoms with E-state index in [-0.39, 0.29) is 115 Å². The summed E-state index contributed by atoms with van der Waals surface area (Å²) in [5, 5.41) is 0.454. The van der Waals surface area contributed by atoms with Gasteiger partial charge in [-0.3, -0.25) is 0 Å². The molecule has 4 fully saturated rings. The van der Waals surface area contributed by atoms with Crippen LogP contribution in [-0.4, -0.2) is 207 Å². The van der Waals surface area contributed by atoms with Gasteiger partial charge in [-0.05, 0) is 132 Å². The van der Waals surface area contributed by atoms with Crippen molar-refractivity contribution in [1.29, 1.82) is 0 Å². The van der Waals surface area contributed by atoms with Crippen molar-refractivity contribution >= 4 is 221 Å². The fourth-order valence-corrected chi connectivity index (χ4v) is 16.0. The van der Waals surface area contributed by atoms with Crippen LogP contribution in [0.4, 0.5) is 0 Å². The van der Waals surface area contributed by atoms with Crippen LogP contribution in [0.3, 0.4) is 0 Å². The Kier molecular flexibility index (Phi) is 19.3. The Bertz CT molecular complexity index is 5380. The molecular weight excluding hydrogens is 1320 g/mol. The van der Waals surface area contributed by atoms with E-state index in [2.05, 4.69) is 0 Å². The first kappa shape index (κ1) is 71.7. The van der Waals surface area contributed by atoms with Crippen LogP contribution in [0.1, 0.15) is 22.3 Å². The van der Waals surface area contributed by atoms with Crippen LogP contribution in [0, 0.1) is 0 Å². The largest absolute Gasteiger partial charge is 2.00 e. The summed E-state index contributed by atoms with van der Waals surface area (Å²) in [4.78, 5) is 42.8. The van der Waals surface area contributed by atoms with Gasteiger partial charge in [0.15, 0.2) is 0 Å². The minimum atomic E-state index is -0.454. The summed E-state index contributed by atoms with van der Waals surface area (Å²) >= 11 is 0. The second-order valence-electron chi connectivity index (χ2n) is 28.0. The smallest absolute Gasteiger partial charge is 0.457 e. The number of nitrogens with zero attached hydrogens (tertiary/aromatic N) is 8. The summed E-state index contributed by atoms with van der Waals surface area (Å²) in [7, 11) is 88.0. The fourth-order valence-electron chi connectivity index (χ4n) is 16.0. The van der Waals surface area contributed by atoms with Gasteiger partial charge in [0.1, 0.15) is 46.0 Å². The first-order chi connectivity index (χ1) is 50.6. The van der Waals surface area contributed by atoms with Crippen LogP contribution < -0.4 is 28.9 Å². The summed E-state index contributed by atoms with van der Waals surface area (Å²) in [6, 6.07) is 53.9. The average molecular weight is 1360 g/mol. The monoisotopic (exact) mass is 1360 g/mol. The third kappa shape index (κ3) is 12.3. The molecule has 8 bridgehead atoms. The molecule has 37 heteroatoms. The van der Waals surface area contributed by atoms with E-state index in [1.54, 1.807) is 57.4 Å². The van der Waals surface area contributed by atoms with E-state index in [1.165, 1.54) is 0 Å². The van der Waals surface area contributed by atoms with Gasteiger partial charge >= 0.3 is 19.5 Å². The second kappa shape index (κ2) is 28.3. The van der Waals surface area contributed by atoms with Crippen LogP contribution in [0.5, 0.6) is 46.0 Å². The Morgan fingerprint density at radius 3 is 0.886 bits per heavy atom. The Hall–Kier alpha value is -7.50. The van der Waals surface area contributed by atoms with E-state index in [0.717, 1.165) is 22.3 Å². The molecule has 0 aliphatic carbocycles. The van der Waals surface area contributed by atoms with Crippen LogP contribution in [0.15, 0.2) is 170 Å². The number of hydrogen-bond donors (Lipinski definition) is 0. The van der Waals surface area contributed by atoms with Crippen LogP contribution in [0.25, 0.3) is 89.7 Å². The molecule has 0 saturated carbocycles. The molecular formula is C68H40B24N8O4Zn. The van der Waals surface area contributed by atoms with Crippen molar-refractivity contribution in [3.63, 3.8) is 0 Å². The fraction of sp³-hybridized carbons (Fsp3) is 0.176. The molecule has 11 aromatic rings. The van der Waals surface area contributed by atoms with Crippen molar-refractivity contribution in [2.45, 2.75) is 69.4 Å². The van der Waals surface area contributed by atoms with Crippen molar-refractivity contribution in [1.82, 2.24) is 39.9 Å². The van der Waals surface area contributed by atoms with Crippen molar-refractivity contribution in [3.05, 3.63) is 192 Å². The maximum atomic E-state index is 6.91. The number of hydrogen-bond acceptors (Lipinski definition) is 10. The molecule has 0 amide bonds. The number of ether oxygens (including phenoxy) is 4. The number of rotatable bonds is 24. The third-order valence-electron chi connectivity index (χ3n) is 22.4. The van der Waals surface area contributed by atoms with E-state index in [9.17, 15) is 0 Å². The standard InChI is InChI=1S/C68H40B24N8O4.Zn/c69-81-61-65(85-73,89(61)77)29-33-13-21-37(22-14-33)101-45-9-1-5-41-49(45)57-94-53(41)93-54-42-6-2-10-46(102-38-23-15-34(16-24-38)30-66(86-74)62(82-70)90(66)78)50(42)58(95-54)97-56-44-8-4-12-48(104-40-27-19-36(20-28-40)32-68(88-76)64(84-72)92(68)80)52(44)60(99-56)100-59-51-43(55(96-57)98-59)7-3-11-47(51)103-39-25-17-35(18-26-39)31-67(87-75)63(83-71)91(67)79;/h1-28,61-64H,29-32H2;/q-2;+2/i81+0,82+0,83+0,84+0,85+0,86+0,87+0,88+0,89+0,90+0,91+0,92+0;. The van der Waals surface area contributed by atoms with Crippen LogP contribution in [-0.2, 0) is 45.2 Å². The Morgan fingerprint density at radius 2 is 0.590 bits per heavy atom. The molecule has 0 spiro atoms. The summed E-state index contributed by atoms with van der Waals surface area (Å²) in [5.74, 6) is 4.91. The molecule has 8 unspecified atom stereocenters. The van der Waals surface area contributed by atoms with Gasteiger partial charge in [-0.25, -0.2) is 9.97 Å². The van der Waals surface area contributed by atoms with Gasteiger partial charge in [0.05, 0.1) is 89.5 Å². The number of fused-ring (bicyclic) bond motifs is 20. The van der Waals surface area contributed by atoms with Gasteiger partial charge in [-0.15, -0.1) is 43.7 Å². The second-order valence-corrected chi connectivity index (χ2v) is 28.0. The van der Waals surface area contributed by atoms with Crippen molar-refractivity contribution in [3.8, 4) is 91.5 Å². The molecule has 17 rings (SSSR count). The normalized spacial score (nSPS) is 21.9. The van der Waals surface area contributed by atoms with E-state index >= 15 is 0 Å². The van der Waals surface area contributed by atoms with Gasteiger partial charge < -0.3 is 48.9 Å². The van der Waals surface area contributed by atoms with E-state index in [1.807, 2.05) is 170 Å². The molecule has 8 atom stereocenters. The molecule has 105 heavy (non-hydrogen) atoms. The molecule has 0 N–H and O–H groups in total. The first-order valence-electron chi connectivity index (χ1n) is 34.4. The topological polar surface area (TPSA) is 142 Å². The van der Waals surface area contributed by atoms with E-state index in [4.69, 9.17) is 152 Å². The average Bonchev–Trinajstić information content (AvgIpc) is 1.59. The molecule has 450 valence electrons.